The molecule has 17 heavy (non-hydrogen) atoms. The number of nitrogens with zero attached hydrogens (tertiary/aromatic N) is 1. The largest absolute Gasteiger partial charge is 0.493 e. The minimum atomic E-state index is 0.663. The summed E-state index contributed by atoms with van der Waals surface area (Å²) in [6.45, 7) is 2.64. The van der Waals surface area contributed by atoms with Crippen molar-refractivity contribution in [2.24, 2.45) is 4.99 Å². The quantitative estimate of drug-likeness (QED) is 0.724. The molecule has 0 N–H and O–H groups in total. The normalized spacial score (nSPS) is 10.6. The molecule has 2 nitrogen and oxygen atoms in total. The maximum Gasteiger partial charge on any atom is 0.128 e. The number of hydrogen-bond donors (Lipinski definition) is 0. The van der Waals surface area contributed by atoms with Gasteiger partial charge in [0.25, 0.3) is 0 Å². The highest BCUT2D eigenvalue weighted by atomic mass is 16.5. The Kier molecular flexibility index (Phi) is 3.92. The molecule has 0 saturated heterocycles. The molecule has 0 bridgehead atoms. The standard InChI is InChI=1S/C15H15NO/c1-2-17-15-11-7-6-8-13(15)12-16-14-9-4-3-5-10-14/h3-12H,2H2,1H3/b16-12-. The number of benzene rings is 2. The van der Waals surface area contributed by atoms with Gasteiger partial charge in [-0.15, -0.1) is 0 Å². The molecule has 0 atom stereocenters. The zero-order valence-electron chi connectivity index (χ0n) is 9.84. The van der Waals surface area contributed by atoms with Crippen molar-refractivity contribution in [1.29, 1.82) is 0 Å². The second-order valence-electron chi connectivity index (χ2n) is 3.56. The number of ether oxygens (including phenoxy) is 1. The van der Waals surface area contributed by atoms with E-state index in [1.807, 2.05) is 67.7 Å². The van der Waals surface area contributed by atoms with Crippen LogP contribution in [0, 0.1) is 0 Å². The van der Waals surface area contributed by atoms with Crippen LogP contribution >= 0.6 is 0 Å². The summed E-state index contributed by atoms with van der Waals surface area (Å²) in [7, 11) is 0. The molecule has 0 aromatic heterocycles. The fourth-order valence-electron chi connectivity index (χ4n) is 1.53. The van der Waals surface area contributed by atoms with Gasteiger partial charge < -0.3 is 4.74 Å². The van der Waals surface area contributed by atoms with Crippen molar-refractivity contribution in [2.75, 3.05) is 6.61 Å². The molecule has 0 spiro atoms. The first-order valence-electron chi connectivity index (χ1n) is 5.71. The third-order valence-corrected chi connectivity index (χ3v) is 2.33. The summed E-state index contributed by atoms with van der Waals surface area (Å²) < 4.78 is 5.53. The van der Waals surface area contributed by atoms with E-state index in [1.54, 1.807) is 0 Å². The molecular formula is C15H15NO. The molecule has 86 valence electrons. The predicted octanol–water partition coefficient (Wildman–Crippen LogP) is 3.84. The maximum absolute atomic E-state index is 5.53. The van der Waals surface area contributed by atoms with Crippen molar-refractivity contribution < 1.29 is 4.74 Å². The number of para-hydroxylation sites is 2. The Bertz CT molecular complexity index is 491. The van der Waals surface area contributed by atoms with E-state index in [9.17, 15) is 0 Å². The Morgan fingerprint density at radius 3 is 2.47 bits per heavy atom. The van der Waals surface area contributed by atoms with Crippen LogP contribution in [0.2, 0.25) is 0 Å². The van der Waals surface area contributed by atoms with E-state index < -0.39 is 0 Å². The average Bonchev–Trinajstić information content (AvgIpc) is 2.39. The smallest absolute Gasteiger partial charge is 0.128 e. The molecule has 0 unspecified atom stereocenters. The van der Waals surface area contributed by atoms with Crippen LogP contribution in [0.1, 0.15) is 12.5 Å². The van der Waals surface area contributed by atoms with Crippen LogP contribution in [-0.2, 0) is 0 Å². The fourth-order valence-corrected chi connectivity index (χ4v) is 1.53. The number of rotatable bonds is 4. The molecule has 0 radical (unpaired) electrons. The van der Waals surface area contributed by atoms with Crippen LogP contribution in [0.15, 0.2) is 59.6 Å². The molecule has 0 amide bonds. The lowest BCUT2D eigenvalue weighted by Crippen LogP contribution is -1.95. The number of aliphatic imine (C=N–C) groups is 1. The predicted molar refractivity (Wildman–Crippen MR) is 71.3 cm³/mol. The molecule has 0 aliphatic rings. The lowest BCUT2D eigenvalue weighted by atomic mass is 10.2. The van der Waals surface area contributed by atoms with E-state index in [2.05, 4.69) is 4.99 Å². The van der Waals surface area contributed by atoms with Crippen molar-refractivity contribution in [3.05, 3.63) is 60.2 Å². The van der Waals surface area contributed by atoms with Gasteiger partial charge in [0, 0.05) is 11.8 Å². The van der Waals surface area contributed by atoms with Gasteiger partial charge in [-0.05, 0) is 31.2 Å². The third-order valence-electron chi connectivity index (χ3n) is 2.33. The molecule has 0 heterocycles. The zero-order valence-corrected chi connectivity index (χ0v) is 9.84. The minimum Gasteiger partial charge on any atom is -0.493 e. The Morgan fingerprint density at radius 2 is 1.71 bits per heavy atom. The van der Waals surface area contributed by atoms with Crippen molar-refractivity contribution in [3.63, 3.8) is 0 Å². The van der Waals surface area contributed by atoms with Gasteiger partial charge in [-0.25, -0.2) is 0 Å². The van der Waals surface area contributed by atoms with Gasteiger partial charge in [0.05, 0.1) is 12.3 Å². The molecule has 0 aliphatic heterocycles. The van der Waals surface area contributed by atoms with Gasteiger partial charge in [0.2, 0.25) is 0 Å². The van der Waals surface area contributed by atoms with Gasteiger partial charge >= 0.3 is 0 Å². The van der Waals surface area contributed by atoms with Gasteiger partial charge in [-0.2, -0.15) is 0 Å². The third kappa shape index (κ3) is 3.18. The molecule has 2 rings (SSSR count). The van der Waals surface area contributed by atoms with Crippen LogP contribution in [-0.4, -0.2) is 12.8 Å². The Hall–Kier alpha value is -2.09. The van der Waals surface area contributed by atoms with Gasteiger partial charge in [0.1, 0.15) is 5.75 Å². The highest BCUT2D eigenvalue weighted by molar-refractivity contribution is 5.85. The lowest BCUT2D eigenvalue weighted by Gasteiger charge is -2.05. The highest BCUT2D eigenvalue weighted by Gasteiger charge is 1.98. The van der Waals surface area contributed by atoms with E-state index in [0.717, 1.165) is 17.0 Å². The summed E-state index contributed by atoms with van der Waals surface area (Å²) in [5.74, 6) is 0.870. The van der Waals surface area contributed by atoms with Crippen molar-refractivity contribution >= 4 is 11.9 Å². The highest BCUT2D eigenvalue weighted by Crippen LogP contribution is 2.17. The monoisotopic (exact) mass is 225 g/mol. The summed E-state index contributed by atoms with van der Waals surface area (Å²) in [5, 5.41) is 0. The van der Waals surface area contributed by atoms with E-state index in [0.29, 0.717) is 6.61 Å². The van der Waals surface area contributed by atoms with Crippen LogP contribution in [0.4, 0.5) is 5.69 Å². The fraction of sp³-hybridized carbons (Fsp3) is 0.133. The van der Waals surface area contributed by atoms with Crippen molar-refractivity contribution in [3.8, 4) is 5.75 Å². The molecule has 0 aliphatic carbocycles. The van der Waals surface area contributed by atoms with Crippen LogP contribution < -0.4 is 4.74 Å². The van der Waals surface area contributed by atoms with Crippen LogP contribution in [0.25, 0.3) is 0 Å². The molecule has 2 heteroatoms. The lowest BCUT2D eigenvalue weighted by molar-refractivity contribution is 0.340. The summed E-state index contributed by atoms with van der Waals surface area (Å²) in [4.78, 5) is 4.41. The van der Waals surface area contributed by atoms with Crippen LogP contribution in [0.5, 0.6) is 5.75 Å². The topological polar surface area (TPSA) is 21.6 Å². The SMILES string of the molecule is CCOc1ccccc1/C=N\c1ccccc1. The second-order valence-corrected chi connectivity index (χ2v) is 3.56. The Labute approximate surface area is 102 Å². The van der Waals surface area contributed by atoms with Crippen molar-refractivity contribution in [2.45, 2.75) is 6.92 Å². The molecule has 0 fully saturated rings. The number of hydrogen-bond acceptors (Lipinski definition) is 2. The summed E-state index contributed by atoms with van der Waals surface area (Å²) in [6, 6.07) is 17.8. The molecule has 0 saturated carbocycles. The Balaban J connectivity index is 2.21. The first kappa shape index (κ1) is 11.4. The van der Waals surface area contributed by atoms with Gasteiger partial charge in [-0.3, -0.25) is 4.99 Å². The first-order chi connectivity index (χ1) is 8.40. The first-order valence-corrected chi connectivity index (χ1v) is 5.71. The summed E-state index contributed by atoms with van der Waals surface area (Å²) in [5.41, 5.74) is 1.94. The summed E-state index contributed by atoms with van der Waals surface area (Å²) in [6.07, 6.45) is 1.83. The van der Waals surface area contributed by atoms with E-state index in [-0.39, 0.29) is 0 Å². The maximum atomic E-state index is 5.53. The molecule has 2 aromatic carbocycles. The van der Waals surface area contributed by atoms with Gasteiger partial charge in [0.15, 0.2) is 0 Å². The zero-order chi connectivity index (χ0) is 11.9. The average molecular weight is 225 g/mol. The Morgan fingerprint density at radius 1 is 1.00 bits per heavy atom. The van der Waals surface area contributed by atoms with Crippen LogP contribution in [0.3, 0.4) is 0 Å². The van der Waals surface area contributed by atoms with Gasteiger partial charge in [-0.1, -0.05) is 30.3 Å². The molecule has 2 aromatic rings. The molecular weight excluding hydrogens is 210 g/mol. The minimum absolute atomic E-state index is 0.663. The van der Waals surface area contributed by atoms with E-state index in [1.165, 1.54) is 0 Å². The van der Waals surface area contributed by atoms with E-state index in [4.69, 9.17) is 4.74 Å². The van der Waals surface area contributed by atoms with Crippen molar-refractivity contribution in [1.82, 2.24) is 0 Å². The second kappa shape index (κ2) is 5.85. The van der Waals surface area contributed by atoms with E-state index >= 15 is 0 Å². The summed E-state index contributed by atoms with van der Waals surface area (Å²) >= 11 is 0.